The first kappa shape index (κ1) is 15.1. The number of halogens is 2. The molecule has 3 rings (SSSR count). The summed E-state index contributed by atoms with van der Waals surface area (Å²) in [5.41, 5.74) is 2.54. The van der Waals surface area contributed by atoms with E-state index in [1.54, 1.807) is 14.2 Å². The van der Waals surface area contributed by atoms with Gasteiger partial charge in [-0.15, -0.1) is 0 Å². The van der Waals surface area contributed by atoms with Gasteiger partial charge in [-0.1, -0.05) is 13.1 Å². The van der Waals surface area contributed by atoms with Gasteiger partial charge in [0, 0.05) is 0 Å². The summed E-state index contributed by atoms with van der Waals surface area (Å²) in [5.74, 6) is 1.74. The lowest BCUT2D eigenvalue weighted by molar-refractivity contribution is 0.412. The standard InChI is InChI=1S/C16H16Br2O2Si/c1-19-13-5-9-10-6-14(20-2)12(18)8-16(10)21(3,4)15(9)7-11(13)17/h5-8H,1-4H3. The summed E-state index contributed by atoms with van der Waals surface area (Å²) in [7, 11) is 1.72. The zero-order chi connectivity index (χ0) is 15.4. The fraction of sp³-hybridized carbons (Fsp3) is 0.250. The van der Waals surface area contributed by atoms with Crippen LogP contribution in [-0.4, -0.2) is 22.3 Å². The molecule has 0 aromatic heterocycles. The molecule has 1 aliphatic rings. The van der Waals surface area contributed by atoms with Gasteiger partial charge < -0.3 is 9.47 Å². The van der Waals surface area contributed by atoms with E-state index < -0.39 is 8.07 Å². The summed E-state index contributed by atoms with van der Waals surface area (Å²) in [6.07, 6.45) is 0. The van der Waals surface area contributed by atoms with Crippen LogP contribution < -0.4 is 19.8 Å². The van der Waals surface area contributed by atoms with E-state index in [4.69, 9.17) is 9.47 Å². The van der Waals surface area contributed by atoms with Crippen molar-refractivity contribution in [1.82, 2.24) is 0 Å². The van der Waals surface area contributed by atoms with E-state index in [9.17, 15) is 0 Å². The lowest BCUT2D eigenvalue weighted by Gasteiger charge is -2.20. The van der Waals surface area contributed by atoms with Crippen molar-refractivity contribution in [3.8, 4) is 22.6 Å². The molecule has 0 bridgehead atoms. The van der Waals surface area contributed by atoms with E-state index in [0.717, 1.165) is 20.4 Å². The summed E-state index contributed by atoms with van der Waals surface area (Å²) in [4.78, 5) is 0. The fourth-order valence-corrected chi connectivity index (χ4v) is 7.54. The van der Waals surface area contributed by atoms with Gasteiger partial charge in [-0.05, 0) is 77.6 Å². The molecule has 0 spiro atoms. The highest BCUT2D eigenvalue weighted by Gasteiger charge is 2.39. The summed E-state index contributed by atoms with van der Waals surface area (Å²) in [6.45, 7) is 4.77. The topological polar surface area (TPSA) is 18.5 Å². The van der Waals surface area contributed by atoms with Gasteiger partial charge in [-0.2, -0.15) is 0 Å². The molecule has 21 heavy (non-hydrogen) atoms. The lowest BCUT2D eigenvalue weighted by Crippen LogP contribution is -2.49. The van der Waals surface area contributed by atoms with Crippen LogP contribution in [0.1, 0.15) is 0 Å². The van der Waals surface area contributed by atoms with Crippen LogP contribution in [-0.2, 0) is 0 Å². The Hall–Kier alpha value is -0.783. The van der Waals surface area contributed by atoms with Crippen LogP contribution in [0.2, 0.25) is 13.1 Å². The van der Waals surface area contributed by atoms with Gasteiger partial charge in [-0.3, -0.25) is 0 Å². The molecular formula is C16H16Br2O2Si. The van der Waals surface area contributed by atoms with Crippen LogP contribution in [0.5, 0.6) is 11.5 Å². The Kier molecular flexibility index (Phi) is 3.70. The molecule has 0 atom stereocenters. The van der Waals surface area contributed by atoms with Crippen molar-refractivity contribution in [2.45, 2.75) is 13.1 Å². The molecule has 0 saturated carbocycles. The number of ether oxygens (including phenoxy) is 2. The number of hydrogen-bond acceptors (Lipinski definition) is 2. The van der Waals surface area contributed by atoms with Gasteiger partial charge in [0.1, 0.15) is 19.6 Å². The van der Waals surface area contributed by atoms with E-state index in [1.165, 1.54) is 21.5 Å². The molecule has 0 unspecified atom stereocenters. The van der Waals surface area contributed by atoms with Crippen molar-refractivity contribution in [1.29, 1.82) is 0 Å². The zero-order valence-corrected chi connectivity index (χ0v) is 16.6. The average Bonchev–Trinajstić information content (AvgIpc) is 2.65. The van der Waals surface area contributed by atoms with E-state index >= 15 is 0 Å². The molecule has 0 fully saturated rings. The number of benzene rings is 2. The van der Waals surface area contributed by atoms with Crippen LogP contribution in [0.15, 0.2) is 33.2 Å². The van der Waals surface area contributed by atoms with Gasteiger partial charge >= 0.3 is 0 Å². The Morgan fingerprint density at radius 1 is 0.762 bits per heavy atom. The number of methoxy groups -OCH3 is 2. The third-order valence-corrected chi connectivity index (χ3v) is 8.98. The molecule has 0 N–H and O–H groups in total. The fourth-order valence-electron chi connectivity index (χ4n) is 3.04. The van der Waals surface area contributed by atoms with Crippen LogP contribution in [0, 0.1) is 0 Å². The van der Waals surface area contributed by atoms with Crippen LogP contribution in [0.3, 0.4) is 0 Å². The summed E-state index contributed by atoms with van der Waals surface area (Å²) in [6, 6.07) is 8.71. The first-order chi connectivity index (χ1) is 9.90. The van der Waals surface area contributed by atoms with Crippen molar-refractivity contribution >= 4 is 50.3 Å². The lowest BCUT2D eigenvalue weighted by atomic mass is 10.1. The van der Waals surface area contributed by atoms with E-state index in [0.29, 0.717) is 0 Å². The smallest absolute Gasteiger partial charge is 0.133 e. The third-order valence-electron chi connectivity index (χ3n) is 4.22. The molecule has 1 aliphatic heterocycles. The molecule has 2 nitrogen and oxygen atoms in total. The molecule has 0 aliphatic carbocycles. The summed E-state index contributed by atoms with van der Waals surface area (Å²) in [5, 5.41) is 2.87. The number of fused-ring (bicyclic) bond motifs is 3. The summed E-state index contributed by atoms with van der Waals surface area (Å²) < 4.78 is 13.0. The minimum atomic E-state index is -1.69. The maximum absolute atomic E-state index is 5.46. The Morgan fingerprint density at radius 2 is 1.14 bits per heavy atom. The molecule has 0 saturated heterocycles. The monoisotopic (exact) mass is 426 g/mol. The Labute approximate surface area is 142 Å². The molecule has 2 aromatic rings. The van der Waals surface area contributed by atoms with Crippen LogP contribution in [0.4, 0.5) is 0 Å². The molecule has 2 aromatic carbocycles. The number of rotatable bonds is 2. The van der Waals surface area contributed by atoms with Crippen molar-refractivity contribution in [3.63, 3.8) is 0 Å². The number of hydrogen-bond donors (Lipinski definition) is 0. The quantitative estimate of drug-likeness (QED) is 0.673. The SMILES string of the molecule is COc1cc2c(cc1Br)[Si](C)(C)c1cc(Br)c(OC)cc1-2. The minimum absolute atomic E-state index is 0.869. The summed E-state index contributed by atoms with van der Waals surface area (Å²) >= 11 is 7.22. The van der Waals surface area contributed by atoms with Crippen molar-refractivity contribution < 1.29 is 9.47 Å². The van der Waals surface area contributed by atoms with Crippen molar-refractivity contribution in [2.75, 3.05) is 14.2 Å². The second-order valence-electron chi connectivity index (χ2n) is 5.69. The Morgan fingerprint density at radius 3 is 1.48 bits per heavy atom. The van der Waals surface area contributed by atoms with Gasteiger partial charge in [0.05, 0.1) is 23.2 Å². The molecule has 0 radical (unpaired) electrons. The third kappa shape index (κ3) is 2.17. The molecule has 1 heterocycles. The van der Waals surface area contributed by atoms with Gasteiger partial charge in [0.15, 0.2) is 0 Å². The van der Waals surface area contributed by atoms with Crippen LogP contribution >= 0.6 is 31.9 Å². The second-order valence-corrected chi connectivity index (χ2v) is 11.7. The van der Waals surface area contributed by atoms with Gasteiger partial charge in [0.2, 0.25) is 0 Å². The predicted octanol–water partition coefficient (Wildman–Crippen LogP) is 4.03. The van der Waals surface area contributed by atoms with E-state index in [-0.39, 0.29) is 0 Å². The van der Waals surface area contributed by atoms with E-state index in [2.05, 4.69) is 69.2 Å². The Balaban J connectivity index is 2.34. The molecule has 110 valence electrons. The Bertz CT molecular complexity index is 680. The first-order valence-corrected chi connectivity index (χ1v) is 11.2. The highest BCUT2D eigenvalue weighted by molar-refractivity contribution is 9.11. The molecule has 5 heteroatoms. The molecule has 0 amide bonds. The molecular weight excluding hydrogens is 412 g/mol. The highest BCUT2D eigenvalue weighted by atomic mass is 79.9. The highest BCUT2D eigenvalue weighted by Crippen LogP contribution is 2.38. The second kappa shape index (κ2) is 5.14. The van der Waals surface area contributed by atoms with Gasteiger partial charge in [0.25, 0.3) is 0 Å². The zero-order valence-electron chi connectivity index (χ0n) is 12.4. The van der Waals surface area contributed by atoms with Crippen LogP contribution in [0.25, 0.3) is 11.1 Å². The largest absolute Gasteiger partial charge is 0.496 e. The normalized spacial score (nSPS) is 14.6. The predicted molar refractivity (Wildman–Crippen MR) is 97.1 cm³/mol. The van der Waals surface area contributed by atoms with Gasteiger partial charge in [-0.25, -0.2) is 0 Å². The average molecular weight is 428 g/mol. The van der Waals surface area contributed by atoms with Crippen molar-refractivity contribution in [3.05, 3.63) is 33.2 Å². The van der Waals surface area contributed by atoms with E-state index in [1.807, 2.05) is 0 Å². The maximum atomic E-state index is 5.46. The van der Waals surface area contributed by atoms with Crippen molar-refractivity contribution in [2.24, 2.45) is 0 Å². The maximum Gasteiger partial charge on any atom is 0.133 e. The first-order valence-electron chi connectivity index (χ1n) is 6.66. The minimum Gasteiger partial charge on any atom is -0.496 e.